The SMILES string of the molecule is CCC1CN(C)CCCN1CC1(C=O)CCCC(C)C1. The molecule has 2 fully saturated rings. The van der Waals surface area contributed by atoms with E-state index in [1.807, 2.05) is 0 Å². The van der Waals surface area contributed by atoms with Crippen molar-refractivity contribution >= 4 is 6.29 Å². The fourth-order valence-electron chi connectivity index (χ4n) is 4.28. The van der Waals surface area contributed by atoms with E-state index in [-0.39, 0.29) is 5.41 Å². The molecule has 3 unspecified atom stereocenters. The van der Waals surface area contributed by atoms with Gasteiger partial charge in [0.05, 0.1) is 0 Å². The Labute approximate surface area is 124 Å². The first kappa shape index (κ1) is 16.0. The molecule has 0 bridgehead atoms. The van der Waals surface area contributed by atoms with Crippen LogP contribution in [0.5, 0.6) is 0 Å². The molecule has 0 amide bonds. The molecular weight excluding hydrogens is 248 g/mol. The molecule has 3 atom stereocenters. The van der Waals surface area contributed by atoms with Crippen LogP contribution in [0.15, 0.2) is 0 Å². The van der Waals surface area contributed by atoms with E-state index in [1.165, 1.54) is 38.5 Å². The standard InChI is InChI=1S/C17H32N2O/c1-4-16-12-18(3)9-6-10-19(16)13-17(14-20)8-5-7-15(2)11-17/h14-16H,4-13H2,1-3H3. The van der Waals surface area contributed by atoms with Gasteiger partial charge in [-0.25, -0.2) is 0 Å². The number of carbonyl (C=O) groups is 1. The first-order valence-corrected chi connectivity index (χ1v) is 8.47. The Balaban J connectivity index is 2.06. The number of hydrogen-bond donors (Lipinski definition) is 0. The summed E-state index contributed by atoms with van der Waals surface area (Å²) in [6.07, 6.45) is 8.44. The summed E-state index contributed by atoms with van der Waals surface area (Å²) in [6, 6.07) is 0.622. The summed E-state index contributed by atoms with van der Waals surface area (Å²) < 4.78 is 0. The van der Waals surface area contributed by atoms with Crippen LogP contribution in [-0.2, 0) is 4.79 Å². The minimum Gasteiger partial charge on any atom is -0.305 e. The van der Waals surface area contributed by atoms with Gasteiger partial charge in [0.25, 0.3) is 0 Å². The first-order valence-electron chi connectivity index (χ1n) is 8.47. The zero-order chi connectivity index (χ0) is 14.6. The van der Waals surface area contributed by atoms with Gasteiger partial charge in [0.1, 0.15) is 6.29 Å². The molecule has 0 aromatic rings. The molecule has 20 heavy (non-hydrogen) atoms. The van der Waals surface area contributed by atoms with Crippen LogP contribution in [0.3, 0.4) is 0 Å². The van der Waals surface area contributed by atoms with Crippen molar-refractivity contribution in [3.05, 3.63) is 0 Å². The summed E-state index contributed by atoms with van der Waals surface area (Å²) in [6.45, 7) is 9.09. The Morgan fingerprint density at radius 1 is 1.30 bits per heavy atom. The highest BCUT2D eigenvalue weighted by Crippen LogP contribution is 2.39. The Morgan fingerprint density at radius 3 is 2.75 bits per heavy atom. The van der Waals surface area contributed by atoms with Crippen LogP contribution >= 0.6 is 0 Å². The second kappa shape index (κ2) is 7.04. The van der Waals surface area contributed by atoms with Crippen molar-refractivity contribution in [1.82, 2.24) is 9.80 Å². The fraction of sp³-hybridized carbons (Fsp3) is 0.941. The van der Waals surface area contributed by atoms with E-state index in [9.17, 15) is 4.79 Å². The maximum Gasteiger partial charge on any atom is 0.127 e. The molecule has 3 heteroatoms. The Morgan fingerprint density at radius 2 is 2.10 bits per heavy atom. The lowest BCUT2D eigenvalue weighted by Gasteiger charge is -2.41. The van der Waals surface area contributed by atoms with E-state index in [4.69, 9.17) is 0 Å². The lowest BCUT2D eigenvalue weighted by molar-refractivity contribution is -0.120. The summed E-state index contributed by atoms with van der Waals surface area (Å²) in [5, 5.41) is 0. The van der Waals surface area contributed by atoms with Crippen molar-refractivity contribution < 1.29 is 4.79 Å². The highest BCUT2D eigenvalue weighted by molar-refractivity contribution is 5.60. The second-order valence-corrected chi connectivity index (χ2v) is 7.33. The molecule has 116 valence electrons. The number of carbonyl (C=O) groups excluding carboxylic acids is 1. The van der Waals surface area contributed by atoms with Gasteiger partial charge in [-0.15, -0.1) is 0 Å². The van der Waals surface area contributed by atoms with Crippen molar-refractivity contribution in [2.75, 3.05) is 33.2 Å². The van der Waals surface area contributed by atoms with E-state index in [2.05, 4.69) is 30.7 Å². The van der Waals surface area contributed by atoms with Gasteiger partial charge in [0.15, 0.2) is 0 Å². The minimum atomic E-state index is -0.0615. The molecule has 1 aliphatic heterocycles. The van der Waals surface area contributed by atoms with Crippen LogP contribution in [-0.4, -0.2) is 55.4 Å². The van der Waals surface area contributed by atoms with Gasteiger partial charge in [0.2, 0.25) is 0 Å². The molecule has 3 nitrogen and oxygen atoms in total. The Kier molecular flexibility index (Phi) is 5.62. The highest BCUT2D eigenvalue weighted by atomic mass is 16.1. The number of aldehydes is 1. The normalized spacial score (nSPS) is 37.5. The number of nitrogens with zero attached hydrogens (tertiary/aromatic N) is 2. The molecular formula is C17H32N2O. The number of hydrogen-bond acceptors (Lipinski definition) is 3. The zero-order valence-corrected chi connectivity index (χ0v) is 13.6. The maximum absolute atomic E-state index is 11.8. The third-order valence-corrected chi connectivity index (χ3v) is 5.39. The van der Waals surface area contributed by atoms with Crippen molar-refractivity contribution in [2.45, 2.75) is 58.4 Å². The summed E-state index contributed by atoms with van der Waals surface area (Å²) in [5.41, 5.74) is -0.0615. The van der Waals surface area contributed by atoms with Crippen molar-refractivity contribution in [1.29, 1.82) is 0 Å². The van der Waals surface area contributed by atoms with Crippen molar-refractivity contribution in [3.8, 4) is 0 Å². The van der Waals surface area contributed by atoms with Crippen LogP contribution < -0.4 is 0 Å². The lowest BCUT2D eigenvalue weighted by atomic mass is 9.70. The molecule has 1 aliphatic carbocycles. The van der Waals surface area contributed by atoms with E-state index in [1.54, 1.807) is 0 Å². The number of rotatable bonds is 4. The third-order valence-electron chi connectivity index (χ3n) is 5.39. The molecule has 1 heterocycles. The van der Waals surface area contributed by atoms with E-state index < -0.39 is 0 Å². The predicted molar refractivity (Wildman–Crippen MR) is 83.9 cm³/mol. The van der Waals surface area contributed by atoms with Crippen LogP contribution in [0.1, 0.15) is 52.4 Å². The van der Waals surface area contributed by atoms with Crippen LogP contribution in [0.4, 0.5) is 0 Å². The Bertz CT molecular complexity index is 320. The zero-order valence-electron chi connectivity index (χ0n) is 13.6. The molecule has 0 spiro atoms. The topological polar surface area (TPSA) is 23.6 Å². The summed E-state index contributed by atoms with van der Waals surface area (Å²) >= 11 is 0. The van der Waals surface area contributed by atoms with Gasteiger partial charge < -0.3 is 9.69 Å². The molecule has 0 aromatic heterocycles. The maximum atomic E-state index is 11.8. The molecule has 2 aliphatic rings. The van der Waals surface area contributed by atoms with Crippen molar-refractivity contribution in [3.63, 3.8) is 0 Å². The molecule has 2 rings (SSSR count). The second-order valence-electron chi connectivity index (χ2n) is 7.33. The van der Waals surface area contributed by atoms with Crippen LogP contribution in [0.25, 0.3) is 0 Å². The van der Waals surface area contributed by atoms with Gasteiger partial charge in [-0.05, 0) is 51.7 Å². The average molecular weight is 280 g/mol. The molecule has 0 radical (unpaired) electrons. The Hall–Kier alpha value is -0.410. The van der Waals surface area contributed by atoms with E-state index in [0.717, 1.165) is 32.5 Å². The average Bonchev–Trinajstić information content (AvgIpc) is 2.60. The smallest absolute Gasteiger partial charge is 0.127 e. The van der Waals surface area contributed by atoms with Gasteiger partial charge >= 0.3 is 0 Å². The minimum absolute atomic E-state index is 0.0615. The van der Waals surface area contributed by atoms with Crippen LogP contribution in [0.2, 0.25) is 0 Å². The number of likely N-dealkylation sites (N-methyl/N-ethyl adjacent to an activating group) is 1. The van der Waals surface area contributed by atoms with Crippen LogP contribution in [0, 0.1) is 11.3 Å². The highest BCUT2D eigenvalue weighted by Gasteiger charge is 2.38. The first-order chi connectivity index (χ1) is 9.58. The quantitative estimate of drug-likeness (QED) is 0.740. The monoisotopic (exact) mass is 280 g/mol. The van der Waals surface area contributed by atoms with Gasteiger partial charge in [0, 0.05) is 24.5 Å². The summed E-state index contributed by atoms with van der Waals surface area (Å²) in [5.74, 6) is 0.712. The van der Waals surface area contributed by atoms with Gasteiger partial charge in [-0.1, -0.05) is 26.7 Å². The van der Waals surface area contributed by atoms with E-state index >= 15 is 0 Å². The fourth-order valence-corrected chi connectivity index (χ4v) is 4.28. The largest absolute Gasteiger partial charge is 0.305 e. The predicted octanol–water partition coefficient (Wildman–Crippen LogP) is 2.80. The molecule has 0 aromatic carbocycles. The summed E-state index contributed by atoms with van der Waals surface area (Å²) in [4.78, 5) is 16.9. The van der Waals surface area contributed by atoms with Crippen molar-refractivity contribution in [2.24, 2.45) is 11.3 Å². The molecule has 1 saturated carbocycles. The molecule has 1 saturated heterocycles. The lowest BCUT2D eigenvalue weighted by Crippen LogP contribution is -2.47. The van der Waals surface area contributed by atoms with Gasteiger partial charge in [-0.3, -0.25) is 4.90 Å². The summed E-state index contributed by atoms with van der Waals surface area (Å²) in [7, 11) is 2.23. The van der Waals surface area contributed by atoms with Gasteiger partial charge in [-0.2, -0.15) is 0 Å². The van der Waals surface area contributed by atoms with E-state index in [0.29, 0.717) is 12.0 Å². The third kappa shape index (κ3) is 3.82. The molecule has 0 N–H and O–H groups in total.